The fraction of sp³-hybridized carbons (Fsp3) is 0.409. The van der Waals surface area contributed by atoms with Gasteiger partial charge >= 0.3 is 6.61 Å². The standard InChI is InChI=1S/C22H26ClF2N3O2/c1-26-21(27-14-16-5-2-3-8-19(16)30-20(24)25)28-15-22(9-11-29-12-10-22)17-6-4-7-18(23)13-17/h2-8,13,20H,9-12,14-15H2,1H3,(H2,26,27,28). The highest BCUT2D eigenvalue weighted by molar-refractivity contribution is 6.30. The van der Waals surface area contributed by atoms with Gasteiger partial charge in [-0.25, -0.2) is 0 Å². The summed E-state index contributed by atoms with van der Waals surface area (Å²) >= 11 is 6.23. The Balaban J connectivity index is 1.67. The van der Waals surface area contributed by atoms with Crippen molar-refractivity contribution in [3.63, 3.8) is 0 Å². The summed E-state index contributed by atoms with van der Waals surface area (Å²) in [5, 5.41) is 7.26. The molecule has 1 aliphatic heterocycles. The highest BCUT2D eigenvalue weighted by Crippen LogP contribution is 2.35. The van der Waals surface area contributed by atoms with Crippen molar-refractivity contribution in [3.05, 3.63) is 64.7 Å². The first-order chi connectivity index (χ1) is 14.5. The van der Waals surface area contributed by atoms with Crippen LogP contribution >= 0.6 is 11.6 Å². The molecule has 5 nitrogen and oxygen atoms in total. The van der Waals surface area contributed by atoms with Crippen molar-refractivity contribution in [3.8, 4) is 5.75 Å². The van der Waals surface area contributed by atoms with Crippen molar-refractivity contribution in [2.24, 2.45) is 4.99 Å². The molecule has 2 aromatic carbocycles. The first-order valence-corrected chi connectivity index (χ1v) is 10.2. The lowest BCUT2D eigenvalue weighted by Crippen LogP contribution is -2.48. The Kier molecular flexibility index (Phi) is 7.87. The minimum Gasteiger partial charge on any atom is -0.434 e. The van der Waals surface area contributed by atoms with Crippen molar-refractivity contribution >= 4 is 17.6 Å². The van der Waals surface area contributed by atoms with Crippen LogP contribution in [0.2, 0.25) is 5.02 Å². The van der Waals surface area contributed by atoms with Gasteiger partial charge in [0.2, 0.25) is 0 Å². The van der Waals surface area contributed by atoms with Gasteiger partial charge in [-0.05, 0) is 36.6 Å². The predicted octanol–water partition coefficient (Wildman–Crippen LogP) is 4.35. The SMILES string of the molecule is CN=C(NCc1ccccc1OC(F)F)NCC1(c2cccc(Cl)c2)CCOCC1. The molecule has 0 spiro atoms. The number of guanidine groups is 1. The summed E-state index contributed by atoms with van der Waals surface area (Å²) in [5.41, 5.74) is 1.66. The summed E-state index contributed by atoms with van der Waals surface area (Å²) in [7, 11) is 1.67. The van der Waals surface area contributed by atoms with Crippen LogP contribution in [-0.2, 0) is 16.7 Å². The molecule has 1 heterocycles. The van der Waals surface area contributed by atoms with Gasteiger partial charge in [-0.15, -0.1) is 0 Å². The summed E-state index contributed by atoms with van der Waals surface area (Å²) < 4.78 is 35.4. The van der Waals surface area contributed by atoms with Crippen molar-refractivity contribution in [2.45, 2.75) is 31.4 Å². The lowest BCUT2D eigenvalue weighted by molar-refractivity contribution is -0.0504. The second-order valence-corrected chi connectivity index (χ2v) is 7.61. The van der Waals surface area contributed by atoms with Gasteiger partial charge in [0.05, 0.1) is 0 Å². The van der Waals surface area contributed by atoms with Gasteiger partial charge in [0, 0.05) is 49.4 Å². The van der Waals surface area contributed by atoms with E-state index in [1.807, 2.05) is 18.2 Å². The normalized spacial score (nSPS) is 16.4. The number of alkyl halides is 2. The molecule has 1 saturated heterocycles. The van der Waals surface area contributed by atoms with Crippen LogP contribution in [0.25, 0.3) is 0 Å². The molecule has 162 valence electrons. The van der Waals surface area contributed by atoms with Crippen LogP contribution in [0.5, 0.6) is 5.75 Å². The van der Waals surface area contributed by atoms with E-state index in [2.05, 4.69) is 26.4 Å². The quantitative estimate of drug-likeness (QED) is 0.499. The predicted molar refractivity (Wildman–Crippen MR) is 114 cm³/mol. The van der Waals surface area contributed by atoms with Gasteiger partial charge in [0.15, 0.2) is 5.96 Å². The summed E-state index contributed by atoms with van der Waals surface area (Å²) in [6.07, 6.45) is 1.73. The van der Waals surface area contributed by atoms with Crippen molar-refractivity contribution in [1.29, 1.82) is 0 Å². The average molecular weight is 438 g/mol. The first-order valence-electron chi connectivity index (χ1n) is 9.83. The van der Waals surface area contributed by atoms with Crippen LogP contribution in [0.15, 0.2) is 53.5 Å². The zero-order valence-corrected chi connectivity index (χ0v) is 17.6. The van der Waals surface area contributed by atoms with Gasteiger partial charge < -0.3 is 20.1 Å². The molecule has 0 unspecified atom stereocenters. The Bertz CT molecular complexity index is 858. The van der Waals surface area contributed by atoms with E-state index in [-0.39, 0.29) is 11.2 Å². The number of hydrogen-bond donors (Lipinski definition) is 2. The summed E-state index contributed by atoms with van der Waals surface area (Å²) in [4.78, 5) is 4.27. The van der Waals surface area contributed by atoms with E-state index in [0.29, 0.717) is 42.8 Å². The molecular weight excluding hydrogens is 412 g/mol. The number of para-hydroxylation sites is 1. The van der Waals surface area contributed by atoms with Crippen molar-refractivity contribution in [1.82, 2.24) is 10.6 Å². The molecule has 0 radical (unpaired) electrons. The van der Waals surface area contributed by atoms with E-state index >= 15 is 0 Å². The molecule has 1 fully saturated rings. The van der Waals surface area contributed by atoms with Gasteiger partial charge in [0.25, 0.3) is 0 Å². The fourth-order valence-corrected chi connectivity index (χ4v) is 3.85. The second-order valence-electron chi connectivity index (χ2n) is 7.17. The van der Waals surface area contributed by atoms with Gasteiger partial charge in [0.1, 0.15) is 5.75 Å². The second kappa shape index (κ2) is 10.6. The Labute approximate surface area is 180 Å². The largest absolute Gasteiger partial charge is 0.434 e. The number of ether oxygens (including phenoxy) is 2. The molecule has 0 amide bonds. The van der Waals surface area contributed by atoms with E-state index in [9.17, 15) is 8.78 Å². The molecule has 2 aromatic rings. The Morgan fingerprint density at radius 3 is 2.63 bits per heavy atom. The molecule has 0 aliphatic carbocycles. The third-order valence-electron chi connectivity index (χ3n) is 5.34. The first kappa shape index (κ1) is 22.3. The van der Waals surface area contributed by atoms with Crippen LogP contribution in [0.1, 0.15) is 24.0 Å². The van der Waals surface area contributed by atoms with Crippen LogP contribution in [-0.4, -0.2) is 39.4 Å². The molecule has 1 aliphatic rings. The van der Waals surface area contributed by atoms with Crippen molar-refractivity contribution < 1.29 is 18.3 Å². The Morgan fingerprint density at radius 2 is 1.93 bits per heavy atom. The van der Waals surface area contributed by atoms with E-state index in [1.54, 1.807) is 25.2 Å². The third kappa shape index (κ3) is 5.83. The Hall–Kier alpha value is -2.38. The monoisotopic (exact) mass is 437 g/mol. The van der Waals surface area contributed by atoms with E-state index in [1.165, 1.54) is 6.07 Å². The fourth-order valence-electron chi connectivity index (χ4n) is 3.66. The lowest BCUT2D eigenvalue weighted by Gasteiger charge is -2.38. The number of nitrogens with one attached hydrogen (secondary N) is 2. The molecular formula is C22H26ClF2N3O2. The zero-order chi connectivity index (χ0) is 21.4. The number of rotatable bonds is 7. The maximum atomic E-state index is 12.6. The molecule has 0 aromatic heterocycles. The Morgan fingerprint density at radius 1 is 1.17 bits per heavy atom. The number of halogens is 3. The highest BCUT2D eigenvalue weighted by Gasteiger charge is 2.34. The number of nitrogens with zero attached hydrogens (tertiary/aromatic N) is 1. The third-order valence-corrected chi connectivity index (χ3v) is 5.57. The average Bonchev–Trinajstić information content (AvgIpc) is 2.75. The van der Waals surface area contributed by atoms with E-state index in [0.717, 1.165) is 18.4 Å². The maximum Gasteiger partial charge on any atom is 0.387 e. The van der Waals surface area contributed by atoms with Crippen LogP contribution in [0.3, 0.4) is 0 Å². The molecule has 30 heavy (non-hydrogen) atoms. The van der Waals surface area contributed by atoms with Crippen LogP contribution in [0, 0.1) is 0 Å². The topological polar surface area (TPSA) is 54.9 Å². The molecule has 0 bridgehead atoms. The summed E-state index contributed by atoms with van der Waals surface area (Å²) in [6.45, 7) is -0.562. The maximum absolute atomic E-state index is 12.6. The number of benzene rings is 2. The highest BCUT2D eigenvalue weighted by atomic mass is 35.5. The minimum absolute atomic E-state index is 0.128. The lowest BCUT2D eigenvalue weighted by atomic mass is 9.74. The van der Waals surface area contributed by atoms with E-state index in [4.69, 9.17) is 16.3 Å². The van der Waals surface area contributed by atoms with Gasteiger partial charge in [-0.1, -0.05) is 41.9 Å². The van der Waals surface area contributed by atoms with Crippen molar-refractivity contribution in [2.75, 3.05) is 26.8 Å². The zero-order valence-electron chi connectivity index (χ0n) is 16.8. The van der Waals surface area contributed by atoms with E-state index < -0.39 is 6.61 Å². The van der Waals surface area contributed by atoms with Crippen LogP contribution in [0.4, 0.5) is 8.78 Å². The van der Waals surface area contributed by atoms with Gasteiger partial charge in [-0.3, -0.25) is 4.99 Å². The molecule has 8 heteroatoms. The molecule has 2 N–H and O–H groups in total. The molecule has 0 atom stereocenters. The number of hydrogen-bond acceptors (Lipinski definition) is 3. The molecule has 0 saturated carbocycles. The smallest absolute Gasteiger partial charge is 0.387 e. The molecule has 3 rings (SSSR count). The summed E-state index contributed by atoms with van der Waals surface area (Å²) in [5.74, 6) is 0.727. The summed E-state index contributed by atoms with van der Waals surface area (Å²) in [6, 6.07) is 14.6. The van der Waals surface area contributed by atoms with Gasteiger partial charge in [-0.2, -0.15) is 8.78 Å². The number of aliphatic imine (C=N–C) groups is 1. The van der Waals surface area contributed by atoms with Crippen LogP contribution < -0.4 is 15.4 Å². The minimum atomic E-state index is -2.87.